The first-order valence-corrected chi connectivity index (χ1v) is 7.10. The molecule has 1 rings (SSSR count). The third-order valence-electron chi connectivity index (χ3n) is 2.75. The number of esters is 2. The normalized spacial score (nSPS) is 10.6. The zero-order valence-corrected chi connectivity index (χ0v) is 14.0. The maximum absolute atomic E-state index is 11.8. The van der Waals surface area contributed by atoms with Crippen molar-refractivity contribution in [2.45, 2.75) is 13.8 Å². The fourth-order valence-corrected chi connectivity index (χ4v) is 1.76. The van der Waals surface area contributed by atoms with Crippen LogP contribution in [0.5, 0.6) is 5.75 Å². The van der Waals surface area contributed by atoms with Crippen molar-refractivity contribution < 1.29 is 28.6 Å². The molecule has 0 spiro atoms. The number of carbonyl (C=O) groups is 3. The van der Waals surface area contributed by atoms with Crippen LogP contribution in [-0.4, -0.2) is 38.7 Å². The molecule has 1 aromatic carbocycles. The molecule has 8 nitrogen and oxygen atoms in total. The van der Waals surface area contributed by atoms with Gasteiger partial charge in [-0.3, -0.25) is 4.79 Å². The Kier molecular flexibility index (Phi) is 7.28. The van der Waals surface area contributed by atoms with Gasteiger partial charge in [0.1, 0.15) is 11.4 Å². The van der Waals surface area contributed by atoms with Crippen molar-refractivity contribution in [1.29, 1.82) is 0 Å². The molecule has 1 amide bonds. The second-order valence-corrected chi connectivity index (χ2v) is 4.52. The summed E-state index contributed by atoms with van der Waals surface area (Å²) in [6.45, 7) is 3.62. The fraction of sp³-hybridized carbons (Fsp3) is 0.312. The van der Waals surface area contributed by atoms with Gasteiger partial charge < -0.3 is 24.8 Å². The van der Waals surface area contributed by atoms with Crippen LogP contribution >= 0.6 is 0 Å². The lowest BCUT2D eigenvalue weighted by Crippen LogP contribution is -2.17. The molecule has 1 aromatic rings. The van der Waals surface area contributed by atoms with Crippen LogP contribution in [0.4, 0.5) is 11.4 Å². The minimum absolute atomic E-state index is 0.149. The van der Waals surface area contributed by atoms with E-state index in [-0.39, 0.29) is 11.6 Å². The quantitative estimate of drug-likeness (QED) is 0.577. The van der Waals surface area contributed by atoms with E-state index < -0.39 is 11.9 Å². The Labute approximate surface area is 139 Å². The molecule has 0 saturated carbocycles. The lowest BCUT2D eigenvalue weighted by Gasteiger charge is -2.15. The molecule has 0 aliphatic heterocycles. The predicted molar refractivity (Wildman–Crippen MR) is 87.7 cm³/mol. The number of anilines is 2. The van der Waals surface area contributed by atoms with Crippen LogP contribution in [0.25, 0.3) is 0 Å². The number of benzene rings is 1. The first-order chi connectivity index (χ1) is 11.4. The van der Waals surface area contributed by atoms with Gasteiger partial charge in [-0.2, -0.15) is 0 Å². The lowest BCUT2D eigenvalue weighted by molar-refractivity contribution is -0.138. The molecular formula is C16H20N2O6. The third-order valence-corrected chi connectivity index (χ3v) is 2.75. The van der Waals surface area contributed by atoms with E-state index in [2.05, 4.69) is 20.1 Å². The van der Waals surface area contributed by atoms with E-state index in [1.807, 2.05) is 6.92 Å². The Morgan fingerprint density at radius 1 is 1.08 bits per heavy atom. The Bertz CT molecular complexity index is 654. The molecular weight excluding hydrogens is 316 g/mol. The van der Waals surface area contributed by atoms with Gasteiger partial charge in [-0.15, -0.1) is 0 Å². The van der Waals surface area contributed by atoms with E-state index >= 15 is 0 Å². The summed E-state index contributed by atoms with van der Waals surface area (Å²) >= 11 is 0. The van der Waals surface area contributed by atoms with Crippen molar-refractivity contribution in [3.8, 4) is 5.75 Å². The number of carbonyl (C=O) groups excluding carboxylic acids is 3. The zero-order chi connectivity index (χ0) is 18.1. The van der Waals surface area contributed by atoms with Gasteiger partial charge in [-0.1, -0.05) is 0 Å². The number of rotatable bonds is 7. The van der Waals surface area contributed by atoms with Crippen molar-refractivity contribution in [3.05, 3.63) is 30.0 Å². The smallest absolute Gasteiger partial charge is 0.354 e. The van der Waals surface area contributed by atoms with Crippen LogP contribution < -0.4 is 15.4 Å². The van der Waals surface area contributed by atoms with E-state index in [1.54, 1.807) is 18.2 Å². The molecule has 24 heavy (non-hydrogen) atoms. The van der Waals surface area contributed by atoms with Crippen molar-refractivity contribution in [3.63, 3.8) is 0 Å². The average Bonchev–Trinajstić information content (AvgIpc) is 2.55. The number of nitrogens with one attached hydrogen (secondary N) is 2. The second kappa shape index (κ2) is 9.19. The summed E-state index contributed by atoms with van der Waals surface area (Å²) in [6.07, 6.45) is 0.955. The molecule has 0 aliphatic carbocycles. The van der Waals surface area contributed by atoms with Gasteiger partial charge in [0.05, 0.1) is 38.3 Å². The number of hydrogen-bond acceptors (Lipinski definition) is 7. The van der Waals surface area contributed by atoms with Crippen LogP contribution in [0, 0.1) is 0 Å². The fourth-order valence-electron chi connectivity index (χ4n) is 1.76. The number of methoxy groups -OCH3 is 2. The van der Waals surface area contributed by atoms with E-state index in [0.717, 1.165) is 6.08 Å². The summed E-state index contributed by atoms with van der Waals surface area (Å²) in [5, 5.41) is 5.38. The molecule has 0 atom stereocenters. The van der Waals surface area contributed by atoms with Crippen LogP contribution in [0.2, 0.25) is 0 Å². The van der Waals surface area contributed by atoms with Gasteiger partial charge in [0.2, 0.25) is 5.91 Å². The summed E-state index contributed by atoms with van der Waals surface area (Å²) in [7, 11) is 2.37. The Morgan fingerprint density at radius 2 is 1.79 bits per heavy atom. The van der Waals surface area contributed by atoms with E-state index in [9.17, 15) is 14.4 Å². The molecule has 0 aromatic heterocycles. The number of ether oxygens (including phenoxy) is 3. The Morgan fingerprint density at radius 3 is 2.33 bits per heavy atom. The van der Waals surface area contributed by atoms with Crippen molar-refractivity contribution in [1.82, 2.24) is 0 Å². The summed E-state index contributed by atoms with van der Waals surface area (Å²) in [5.74, 6) is -1.27. The van der Waals surface area contributed by atoms with Gasteiger partial charge in [0, 0.05) is 13.0 Å². The average molecular weight is 336 g/mol. The summed E-state index contributed by atoms with van der Waals surface area (Å²) in [5.41, 5.74) is 0.618. The maximum atomic E-state index is 11.8. The zero-order valence-electron chi connectivity index (χ0n) is 14.0. The van der Waals surface area contributed by atoms with Crippen LogP contribution in [0.15, 0.2) is 30.0 Å². The molecule has 0 radical (unpaired) electrons. The highest BCUT2D eigenvalue weighted by Gasteiger charge is 2.15. The molecule has 0 unspecified atom stereocenters. The number of hydrogen-bond donors (Lipinski definition) is 2. The molecule has 0 bridgehead atoms. The van der Waals surface area contributed by atoms with Crippen molar-refractivity contribution >= 4 is 29.2 Å². The van der Waals surface area contributed by atoms with E-state index in [0.29, 0.717) is 23.7 Å². The van der Waals surface area contributed by atoms with Gasteiger partial charge >= 0.3 is 11.9 Å². The van der Waals surface area contributed by atoms with Crippen LogP contribution in [0.3, 0.4) is 0 Å². The highest BCUT2D eigenvalue weighted by Crippen LogP contribution is 2.28. The molecule has 2 N–H and O–H groups in total. The Balaban J connectivity index is 3.25. The topological polar surface area (TPSA) is 103 Å². The predicted octanol–water partition coefficient (Wildman–Crippen LogP) is 1.69. The minimum Gasteiger partial charge on any atom is -0.494 e. The molecule has 130 valence electrons. The summed E-state index contributed by atoms with van der Waals surface area (Å²) in [4.78, 5) is 34.6. The first kappa shape index (κ1) is 19.0. The third kappa shape index (κ3) is 5.64. The largest absolute Gasteiger partial charge is 0.494 e. The highest BCUT2D eigenvalue weighted by atomic mass is 16.5. The standard InChI is InChI=1S/C16H20N2O6/c1-5-24-11-6-7-12(17-10(2)19)13(8-11)18-14(16(21)23-4)9-15(20)22-3/h6-9,18H,5H2,1-4H3,(H,17,19)/b14-9+. The van der Waals surface area contributed by atoms with Gasteiger partial charge in [0.25, 0.3) is 0 Å². The lowest BCUT2D eigenvalue weighted by atomic mass is 10.2. The molecule has 0 aliphatic rings. The first-order valence-electron chi connectivity index (χ1n) is 7.10. The molecule has 0 heterocycles. The minimum atomic E-state index is -0.768. The van der Waals surface area contributed by atoms with Crippen LogP contribution in [-0.2, 0) is 23.9 Å². The van der Waals surface area contributed by atoms with Gasteiger partial charge in [-0.25, -0.2) is 9.59 Å². The number of amides is 1. The van der Waals surface area contributed by atoms with Gasteiger partial charge in [0.15, 0.2) is 0 Å². The Hall–Kier alpha value is -3.03. The molecule has 0 fully saturated rings. The SMILES string of the molecule is CCOc1ccc(NC(C)=O)c(N/C(=C/C(=O)OC)C(=O)OC)c1. The van der Waals surface area contributed by atoms with Crippen LogP contribution in [0.1, 0.15) is 13.8 Å². The highest BCUT2D eigenvalue weighted by molar-refractivity contribution is 6.00. The second-order valence-electron chi connectivity index (χ2n) is 4.52. The van der Waals surface area contributed by atoms with Crippen molar-refractivity contribution in [2.24, 2.45) is 0 Å². The molecule has 8 heteroatoms. The monoisotopic (exact) mass is 336 g/mol. The summed E-state index contributed by atoms with van der Waals surface area (Å²) < 4.78 is 14.5. The molecule has 0 saturated heterocycles. The maximum Gasteiger partial charge on any atom is 0.354 e. The van der Waals surface area contributed by atoms with Crippen molar-refractivity contribution in [2.75, 3.05) is 31.5 Å². The van der Waals surface area contributed by atoms with E-state index in [4.69, 9.17) is 4.74 Å². The summed E-state index contributed by atoms with van der Waals surface area (Å²) in [6, 6.07) is 4.87. The van der Waals surface area contributed by atoms with E-state index in [1.165, 1.54) is 21.1 Å². The van der Waals surface area contributed by atoms with Gasteiger partial charge in [-0.05, 0) is 19.1 Å².